The Kier molecular flexibility index (Phi) is 5.82. The van der Waals surface area contributed by atoms with Crippen LogP contribution in [0.25, 0.3) is 55.4 Å². The van der Waals surface area contributed by atoms with Crippen molar-refractivity contribution in [2.75, 3.05) is 4.90 Å². The molecule has 0 saturated carbocycles. The number of para-hydroxylation sites is 3. The maximum Gasteiger partial charge on any atom is 0.165 e. The Balaban J connectivity index is 1.19. The van der Waals surface area contributed by atoms with Crippen LogP contribution in [0.15, 0.2) is 140 Å². The molecule has 2 aromatic heterocycles. The SMILES string of the molecule is CC1C=Cc2nc3c(nc2C1)c1ccccc1n3-c1ccc2c(ccc3cc(N(c4ccccc4)c4ccccc4)ccc32)c1. The van der Waals surface area contributed by atoms with Crippen LogP contribution in [0.2, 0.25) is 0 Å². The van der Waals surface area contributed by atoms with Gasteiger partial charge in [0, 0.05) is 28.1 Å². The minimum absolute atomic E-state index is 0.476. The van der Waals surface area contributed by atoms with Crippen LogP contribution in [0.4, 0.5) is 17.1 Å². The summed E-state index contributed by atoms with van der Waals surface area (Å²) in [6.07, 6.45) is 5.30. The van der Waals surface area contributed by atoms with Crippen LogP contribution in [0.3, 0.4) is 0 Å². The van der Waals surface area contributed by atoms with Gasteiger partial charge in [0.25, 0.3) is 0 Å². The lowest BCUT2D eigenvalue weighted by molar-refractivity contribution is 0.697. The molecule has 1 atom stereocenters. The lowest BCUT2D eigenvalue weighted by Crippen LogP contribution is -2.09. The monoisotopic (exact) mass is 578 g/mol. The van der Waals surface area contributed by atoms with Crippen molar-refractivity contribution in [3.8, 4) is 5.69 Å². The highest BCUT2D eigenvalue weighted by Gasteiger charge is 2.20. The standard InChI is InChI=1S/C41H30N4/c1-27-16-23-37-38(24-27)42-40-36-14-8-9-15-39(36)45(41(40)43-37)33-20-22-35-29(26-33)18-17-28-25-32(19-21-34(28)35)44(30-10-4-2-5-11-30)31-12-6-3-7-13-31/h2-23,25-27H,24H2,1H3. The Labute approximate surface area is 261 Å². The van der Waals surface area contributed by atoms with Gasteiger partial charge >= 0.3 is 0 Å². The van der Waals surface area contributed by atoms with Gasteiger partial charge in [-0.2, -0.15) is 0 Å². The summed E-state index contributed by atoms with van der Waals surface area (Å²) in [6.45, 7) is 2.23. The van der Waals surface area contributed by atoms with Gasteiger partial charge in [-0.05, 0) is 94.6 Å². The number of hydrogen-bond acceptors (Lipinski definition) is 3. The number of nitrogens with zero attached hydrogens (tertiary/aromatic N) is 4. The van der Waals surface area contributed by atoms with Crippen molar-refractivity contribution < 1.29 is 0 Å². The first kappa shape index (κ1) is 25.7. The number of hydrogen-bond donors (Lipinski definition) is 0. The van der Waals surface area contributed by atoms with Crippen molar-refractivity contribution in [3.05, 3.63) is 151 Å². The van der Waals surface area contributed by atoms with E-state index in [0.29, 0.717) is 5.92 Å². The molecule has 6 aromatic carbocycles. The van der Waals surface area contributed by atoms with Gasteiger partial charge in [-0.25, -0.2) is 9.97 Å². The van der Waals surface area contributed by atoms with E-state index in [1.54, 1.807) is 0 Å². The Morgan fingerprint density at radius 3 is 2.04 bits per heavy atom. The fraction of sp³-hybridized carbons (Fsp3) is 0.0732. The maximum absolute atomic E-state index is 5.18. The molecule has 0 aliphatic heterocycles. The van der Waals surface area contributed by atoms with Crippen molar-refractivity contribution in [2.45, 2.75) is 13.3 Å². The first-order valence-electron chi connectivity index (χ1n) is 15.6. The zero-order chi connectivity index (χ0) is 29.9. The Morgan fingerprint density at radius 2 is 1.29 bits per heavy atom. The zero-order valence-corrected chi connectivity index (χ0v) is 24.9. The lowest BCUT2D eigenvalue weighted by Gasteiger charge is -2.25. The van der Waals surface area contributed by atoms with Gasteiger partial charge in [0.1, 0.15) is 5.52 Å². The molecule has 2 heterocycles. The molecule has 0 spiro atoms. The molecule has 0 bridgehead atoms. The molecule has 1 unspecified atom stereocenters. The second kappa shape index (κ2) is 10.2. The number of benzene rings is 6. The van der Waals surface area contributed by atoms with E-state index >= 15 is 0 Å². The maximum atomic E-state index is 5.18. The summed E-state index contributed by atoms with van der Waals surface area (Å²) < 4.78 is 2.27. The predicted molar refractivity (Wildman–Crippen MR) is 188 cm³/mol. The van der Waals surface area contributed by atoms with E-state index in [-0.39, 0.29) is 0 Å². The Morgan fingerprint density at radius 1 is 0.622 bits per heavy atom. The molecule has 45 heavy (non-hydrogen) atoms. The van der Waals surface area contributed by atoms with E-state index in [2.05, 4.69) is 162 Å². The van der Waals surface area contributed by atoms with Gasteiger partial charge in [0.15, 0.2) is 5.65 Å². The summed E-state index contributed by atoms with van der Waals surface area (Å²) in [6, 6.07) is 47.7. The summed E-state index contributed by atoms with van der Waals surface area (Å²) in [7, 11) is 0. The van der Waals surface area contributed by atoms with E-state index in [0.717, 1.165) is 62.6 Å². The van der Waals surface area contributed by atoms with Crippen LogP contribution in [-0.4, -0.2) is 14.5 Å². The highest BCUT2D eigenvalue weighted by atomic mass is 15.1. The van der Waals surface area contributed by atoms with Crippen LogP contribution < -0.4 is 4.90 Å². The second-order valence-corrected chi connectivity index (χ2v) is 12.0. The average molecular weight is 579 g/mol. The second-order valence-electron chi connectivity index (χ2n) is 12.0. The summed E-state index contributed by atoms with van der Waals surface area (Å²) >= 11 is 0. The molecule has 1 aliphatic rings. The van der Waals surface area contributed by atoms with Crippen LogP contribution in [0.1, 0.15) is 18.3 Å². The average Bonchev–Trinajstić information content (AvgIpc) is 3.41. The zero-order valence-electron chi connectivity index (χ0n) is 24.9. The van der Waals surface area contributed by atoms with Gasteiger partial charge in [-0.15, -0.1) is 0 Å². The van der Waals surface area contributed by atoms with Crippen LogP contribution in [0, 0.1) is 5.92 Å². The summed E-state index contributed by atoms with van der Waals surface area (Å²) in [5.74, 6) is 0.476. The molecule has 0 radical (unpaired) electrons. The van der Waals surface area contributed by atoms with Gasteiger partial charge in [-0.1, -0.05) is 91.9 Å². The van der Waals surface area contributed by atoms with Crippen LogP contribution >= 0.6 is 0 Å². The van der Waals surface area contributed by atoms with Gasteiger partial charge < -0.3 is 4.90 Å². The first-order valence-corrected chi connectivity index (χ1v) is 15.6. The van der Waals surface area contributed by atoms with Crippen LogP contribution in [0.5, 0.6) is 0 Å². The quantitative estimate of drug-likeness (QED) is 0.195. The minimum atomic E-state index is 0.476. The normalized spacial score (nSPS) is 14.4. The van der Waals surface area contributed by atoms with Gasteiger partial charge in [0.2, 0.25) is 0 Å². The molecule has 0 N–H and O–H groups in total. The molecule has 9 rings (SSSR count). The summed E-state index contributed by atoms with van der Waals surface area (Å²) in [5, 5.41) is 6.01. The molecule has 1 aliphatic carbocycles. The van der Waals surface area contributed by atoms with E-state index in [4.69, 9.17) is 9.97 Å². The summed E-state index contributed by atoms with van der Waals surface area (Å²) in [4.78, 5) is 12.7. The minimum Gasteiger partial charge on any atom is -0.310 e. The largest absolute Gasteiger partial charge is 0.310 e. The fourth-order valence-corrected chi connectivity index (χ4v) is 6.89. The van der Waals surface area contributed by atoms with Crippen molar-refractivity contribution >= 4 is 66.7 Å². The number of allylic oxidation sites excluding steroid dienone is 1. The molecule has 4 heteroatoms. The molecule has 4 nitrogen and oxygen atoms in total. The molecule has 0 amide bonds. The molecule has 0 saturated heterocycles. The van der Waals surface area contributed by atoms with Crippen molar-refractivity contribution in [3.63, 3.8) is 0 Å². The van der Waals surface area contributed by atoms with Crippen molar-refractivity contribution in [1.82, 2.24) is 14.5 Å². The van der Waals surface area contributed by atoms with E-state index in [9.17, 15) is 0 Å². The van der Waals surface area contributed by atoms with Crippen LogP contribution in [-0.2, 0) is 6.42 Å². The number of anilines is 3. The first-order chi connectivity index (χ1) is 22.2. The highest BCUT2D eigenvalue weighted by Crippen LogP contribution is 2.38. The van der Waals surface area contributed by atoms with Gasteiger partial charge in [0.05, 0.1) is 16.9 Å². The molecule has 8 aromatic rings. The Hall–Kier alpha value is -5.74. The fourth-order valence-electron chi connectivity index (χ4n) is 6.89. The number of rotatable bonds is 4. The van der Waals surface area contributed by atoms with E-state index in [1.165, 1.54) is 21.5 Å². The van der Waals surface area contributed by atoms with E-state index in [1.807, 2.05) is 0 Å². The van der Waals surface area contributed by atoms with Gasteiger partial charge in [-0.3, -0.25) is 4.57 Å². The summed E-state index contributed by atoms with van der Waals surface area (Å²) in [5.41, 5.74) is 9.55. The topological polar surface area (TPSA) is 34.0 Å². The predicted octanol–water partition coefficient (Wildman–Crippen LogP) is 10.6. The van der Waals surface area contributed by atoms with Crippen molar-refractivity contribution in [1.29, 1.82) is 0 Å². The molecule has 214 valence electrons. The highest BCUT2D eigenvalue weighted by molar-refractivity contribution is 6.10. The third kappa shape index (κ3) is 4.21. The third-order valence-electron chi connectivity index (χ3n) is 9.04. The molecular weight excluding hydrogens is 548 g/mol. The Bertz CT molecular complexity index is 2380. The van der Waals surface area contributed by atoms with E-state index < -0.39 is 0 Å². The number of aromatic nitrogens is 3. The number of fused-ring (bicyclic) bond motifs is 7. The van der Waals surface area contributed by atoms with Crippen molar-refractivity contribution in [2.24, 2.45) is 5.92 Å². The molecular formula is C41H30N4. The smallest absolute Gasteiger partial charge is 0.165 e. The third-order valence-corrected chi connectivity index (χ3v) is 9.04. The molecule has 0 fully saturated rings. The lowest BCUT2D eigenvalue weighted by atomic mass is 9.98.